The van der Waals surface area contributed by atoms with Crippen molar-refractivity contribution >= 4 is 0 Å². The van der Waals surface area contributed by atoms with Crippen LogP contribution in [-0.4, -0.2) is 29.5 Å². The van der Waals surface area contributed by atoms with Gasteiger partial charge in [0.2, 0.25) is 0 Å². The lowest BCUT2D eigenvalue weighted by atomic mass is 10.1. The molecule has 0 fully saturated rings. The molecule has 0 heterocycles. The van der Waals surface area contributed by atoms with Gasteiger partial charge in [-0.25, -0.2) is 0 Å². The molecule has 0 amide bonds. The van der Waals surface area contributed by atoms with Crippen molar-refractivity contribution in [3.05, 3.63) is 0 Å². The number of rotatable bonds is 5. The van der Waals surface area contributed by atoms with Crippen molar-refractivity contribution in [3.8, 4) is 0 Å². The van der Waals surface area contributed by atoms with Crippen molar-refractivity contribution in [1.29, 1.82) is 0 Å². The summed E-state index contributed by atoms with van der Waals surface area (Å²) in [5.74, 6) is 0. The largest absolute Gasteiger partial charge is 0.396 e. The Hall–Kier alpha value is -0.120. The Labute approximate surface area is 55.5 Å². The van der Waals surface area contributed by atoms with Crippen LogP contribution in [0.3, 0.4) is 0 Å². The van der Waals surface area contributed by atoms with E-state index in [4.69, 9.17) is 15.9 Å². The third-order valence-electron chi connectivity index (χ3n) is 1.20. The average molecular weight is 133 g/mol. The molecule has 0 aliphatic rings. The molecule has 0 bridgehead atoms. The van der Waals surface area contributed by atoms with Gasteiger partial charge in [-0.1, -0.05) is 0 Å². The fraction of sp³-hybridized carbons (Fsp3) is 1.00. The van der Waals surface area contributed by atoms with Crippen molar-refractivity contribution < 1.29 is 10.2 Å². The van der Waals surface area contributed by atoms with Crippen LogP contribution in [0.1, 0.15) is 19.3 Å². The van der Waals surface area contributed by atoms with Crippen LogP contribution in [0.4, 0.5) is 0 Å². The first-order valence-electron chi connectivity index (χ1n) is 3.30. The summed E-state index contributed by atoms with van der Waals surface area (Å²) in [6.45, 7) is 0.675. The summed E-state index contributed by atoms with van der Waals surface area (Å²) < 4.78 is 0. The van der Waals surface area contributed by atoms with Gasteiger partial charge >= 0.3 is 0 Å². The summed E-state index contributed by atoms with van der Waals surface area (Å²) >= 11 is 0. The number of nitrogens with two attached hydrogens (primary N) is 1. The zero-order valence-electron chi connectivity index (χ0n) is 5.58. The van der Waals surface area contributed by atoms with Gasteiger partial charge in [0, 0.05) is 6.61 Å². The molecule has 0 aliphatic carbocycles. The van der Waals surface area contributed by atoms with E-state index < -0.39 is 0 Å². The van der Waals surface area contributed by atoms with Crippen LogP contribution in [0.5, 0.6) is 0 Å². The van der Waals surface area contributed by atoms with Crippen molar-refractivity contribution in [1.82, 2.24) is 0 Å². The van der Waals surface area contributed by atoms with Crippen LogP contribution < -0.4 is 5.73 Å². The molecular formula is C6H15NO2. The Morgan fingerprint density at radius 2 is 2.00 bits per heavy atom. The highest BCUT2D eigenvalue weighted by Gasteiger charge is 1.99. The number of hydrogen-bond donors (Lipinski definition) is 3. The second kappa shape index (κ2) is 6.01. The summed E-state index contributed by atoms with van der Waals surface area (Å²) in [5, 5.41) is 17.3. The van der Waals surface area contributed by atoms with Gasteiger partial charge in [-0.3, -0.25) is 0 Å². The van der Waals surface area contributed by atoms with Crippen molar-refractivity contribution in [2.45, 2.75) is 25.4 Å². The molecule has 0 rings (SSSR count). The third kappa shape index (κ3) is 5.76. The lowest BCUT2D eigenvalue weighted by Gasteiger charge is -2.05. The molecule has 0 aromatic rings. The zero-order chi connectivity index (χ0) is 7.11. The van der Waals surface area contributed by atoms with Crippen molar-refractivity contribution in [3.63, 3.8) is 0 Å². The molecule has 1 atom stereocenters. The van der Waals surface area contributed by atoms with E-state index in [1.165, 1.54) is 0 Å². The van der Waals surface area contributed by atoms with Crippen LogP contribution in [0.25, 0.3) is 0 Å². The van der Waals surface area contributed by atoms with Crippen LogP contribution in [0.2, 0.25) is 0 Å². The normalized spacial score (nSPS) is 13.7. The summed E-state index contributed by atoms with van der Waals surface area (Å²) in [5.41, 5.74) is 5.18. The summed E-state index contributed by atoms with van der Waals surface area (Å²) in [4.78, 5) is 0. The standard InChI is InChI=1S/C6H15NO2/c7-4-3-6(9)2-1-5-8/h6,8-9H,1-5,7H2. The van der Waals surface area contributed by atoms with E-state index in [1.54, 1.807) is 0 Å². The van der Waals surface area contributed by atoms with Crippen LogP contribution in [0.15, 0.2) is 0 Å². The molecule has 0 spiro atoms. The molecule has 3 heteroatoms. The Balaban J connectivity index is 2.95. The van der Waals surface area contributed by atoms with Gasteiger partial charge in [0.25, 0.3) is 0 Å². The topological polar surface area (TPSA) is 66.5 Å². The Morgan fingerprint density at radius 1 is 1.33 bits per heavy atom. The van der Waals surface area contributed by atoms with Crippen molar-refractivity contribution in [2.75, 3.05) is 13.2 Å². The molecule has 0 saturated heterocycles. The van der Waals surface area contributed by atoms with Gasteiger partial charge in [-0.2, -0.15) is 0 Å². The summed E-state index contributed by atoms with van der Waals surface area (Å²) in [6.07, 6.45) is 1.65. The Bertz CT molecular complexity index is 59.0. The van der Waals surface area contributed by atoms with Crippen LogP contribution >= 0.6 is 0 Å². The number of hydrogen-bond acceptors (Lipinski definition) is 3. The highest BCUT2D eigenvalue weighted by Crippen LogP contribution is 1.98. The van der Waals surface area contributed by atoms with E-state index in [2.05, 4.69) is 0 Å². The highest BCUT2D eigenvalue weighted by atomic mass is 16.3. The maximum atomic E-state index is 8.99. The second-order valence-corrected chi connectivity index (χ2v) is 2.10. The average Bonchev–Trinajstić information content (AvgIpc) is 1.85. The second-order valence-electron chi connectivity index (χ2n) is 2.10. The van der Waals surface area contributed by atoms with Gasteiger partial charge in [-0.15, -0.1) is 0 Å². The Kier molecular flexibility index (Phi) is 5.93. The van der Waals surface area contributed by atoms with E-state index in [0.29, 0.717) is 25.8 Å². The Morgan fingerprint density at radius 3 is 2.44 bits per heavy atom. The molecule has 0 aromatic carbocycles. The molecule has 4 N–H and O–H groups in total. The summed E-state index contributed by atoms with van der Waals surface area (Å²) in [6, 6.07) is 0. The molecule has 56 valence electrons. The lowest BCUT2D eigenvalue weighted by molar-refractivity contribution is 0.143. The highest BCUT2D eigenvalue weighted by molar-refractivity contribution is 4.54. The molecule has 0 aromatic heterocycles. The van der Waals surface area contributed by atoms with Crippen LogP contribution in [-0.2, 0) is 0 Å². The molecule has 1 unspecified atom stereocenters. The fourth-order valence-electron chi connectivity index (χ4n) is 0.664. The predicted molar refractivity (Wildman–Crippen MR) is 36.0 cm³/mol. The number of aliphatic hydroxyl groups is 2. The van der Waals surface area contributed by atoms with E-state index in [1.807, 2.05) is 0 Å². The minimum atomic E-state index is -0.317. The van der Waals surface area contributed by atoms with E-state index >= 15 is 0 Å². The fourth-order valence-corrected chi connectivity index (χ4v) is 0.664. The molecule has 0 aliphatic heterocycles. The smallest absolute Gasteiger partial charge is 0.0553 e. The first-order valence-corrected chi connectivity index (χ1v) is 3.30. The molecular weight excluding hydrogens is 118 g/mol. The summed E-state index contributed by atoms with van der Waals surface area (Å²) in [7, 11) is 0. The molecule has 3 nitrogen and oxygen atoms in total. The lowest BCUT2D eigenvalue weighted by Crippen LogP contribution is -2.13. The molecule has 0 radical (unpaired) electrons. The first kappa shape index (κ1) is 8.88. The number of aliphatic hydroxyl groups excluding tert-OH is 2. The quantitative estimate of drug-likeness (QED) is 0.472. The van der Waals surface area contributed by atoms with Gasteiger partial charge in [-0.05, 0) is 25.8 Å². The van der Waals surface area contributed by atoms with Crippen molar-refractivity contribution in [2.24, 2.45) is 5.73 Å². The van der Waals surface area contributed by atoms with Gasteiger partial charge < -0.3 is 15.9 Å². The maximum Gasteiger partial charge on any atom is 0.0553 e. The molecule has 9 heavy (non-hydrogen) atoms. The first-order chi connectivity index (χ1) is 4.31. The van der Waals surface area contributed by atoms with E-state index in [9.17, 15) is 0 Å². The van der Waals surface area contributed by atoms with Gasteiger partial charge in [0.15, 0.2) is 0 Å². The van der Waals surface area contributed by atoms with Gasteiger partial charge in [0.05, 0.1) is 6.10 Å². The van der Waals surface area contributed by atoms with Gasteiger partial charge in [0.1, 0.15) is 0 Å². The minimum absolute atomic E-state index is 0.154. The molecule has 0 saturated carbocycles. The van der Waals surface area contributed by atoms with E-state index in [0.717, 1.165) is 0 Å². The maximum absolute atomic E-state index is 8.99. The zero-order valence-corrected chi connectivity index (χ0v) is 5.58. The van der Waals surface area contributed by atoms with E-state index in [-0.39, 0.29) is 12.7 Å². The third-order valence-corrected chi connectivity index (χ3v) is 1.20. The minimum Gasteiger partial charge on any atom is -0.396 e. The van der Waals surface area contributed by atoms with Crippen LogP contribution in [0, 0.1) is 0 Å². The predicted octanol–water partition coefficient (Wildman–Crippen LogP) is -0.531. The monoisotopic (exact) mass is 133 g/mol. The SMILES string of the molecule is NCCC(O)CCCO.